The average Bonchev–Trinajstić information content (AvgIpc) is 2.67. The second-order valence-corrected chi connectivity index (χ2v) is 3.70. The van der Waals surface area contributed by atoms with Crippen molar-refractivity contribution in [3.63, 3.8) is 0 Å². The van der Waals surface area contributed by atoms with E-state index in [2.05, 4.69) is 12.3 Å². The van der Waals surface area contributed by atoms with Crippen LogP contribution in [0.3, 0.4) is 0 Å². The molecule has 1 fully saturated rings. The Morgan fingerprint density at radius 3 is 2.93 bits per heavy atom. The van der Waals surface area contributed by atoms with Crippen molar-refractivity contribution in [1.82, 2.24) is 5.43 Å². The van der Waals surface area contributed by atoms with Crippen molar-refractivity contribution in [3.8, 4) is 0 Å². The molecule has 0 spiro atoms. The summed E-state index contributed by atoms with van der Waals surface area (Å²) in [5.41, 5.74) is 2.84. The molecule has 0 aliphatic carbocycles. The van der Waals surface area contributed by atoms with E-state index < -0.39 is 0 Å². The van der Waals surface area contributed by atoms with E-state index >= 15 is 0 Å². The number of nitrogens with one attached hydrogen (secondary N) is 1. The lowest BCUT2D eigenvalue weighted by molar-refractivity contribution is 0.0515. The Hall–Kier alpha value is -0.160. The molecule has 0 radical (unpaired) electrons. The van der Waals surface area contributed by atoms with Crippen LogP contribution in [0.1, 0.15) is 26.7 Å². The van der Waals surface area contributed by atoms with Crippen molar-refractivity contribution < 1.29 is 9.47 Å². The first-order valence-electron chi connectivity index (χ1n) is 5.48. The zero-order valence-electron chi connectivity index (χ0n) is 9.16. The van der Waals surface area contributed by atoms with E-state index in [0.29, 0.717) is 18.6 Å². The molecule has 0 amide bonds. The van der Waals surface area contributed by atoms with Gasteiger partial charge in [0.25, 0.3) is 0 Å². The average molecular weight is 202 g/mol. The van der Waals surface area contributed by atoms with Crippen LogP contribution in [0, 0.1) is 5.92 Å². The molecular formula is C10H22N2O2. The third-order valence-corrected chi connectivity index (χ3v) is 2.90. The van der Waals surface area contributed by atoms with Gasteiger partial charge in [0.15, 0.2) is 0 Å². The van der Waals surface area contributed by atoms with Crippen molar-refractivity contribution in [2.45, 2.75) is 38.8 Å². The molecule has 4 nitrogen and oxygen atoms in total. The fourth-order valence-electron chi connectivity index (χ4n) is 2.09. The lowest BCUT2D eigenvalue weighted by Gasteiger charge is -2.26. The second kappa shape index (κ2) is 6.35. The molecule has 3 atom stereocenters. The first-order valence-corrected chi connectivity index (χ1v) is 5.48. The Bertz CT molecular complexity index is 155. The molecular weight excluding hydrogens is 180 g/mol. The molecule has 0 aromatic carbocycles. The molecule has 0 bridgehead atoms. The van der Waals surface area contributed by atoms with Crippen LogP contribution in [0.5, 0.6) is 0 Å². The van der Waals surface area contributed by atoms with Gasteiger partial charge in [-0.1, -0.05) is 6.92 Å². The standard InChI is InChI=1S/C10H22N2O2/c1-3-10-8(5-6-14-10)9(12-11)7-13-4-2/h8-10,12H,3-7,11H2,1-2H3. The predicted molar refractivity (Wildman–Crippen MR) is 55.7 cm³/mol. The molecule has 1 saturated heterocycles. The molecule has 4 heteroatoms. The minimum Gasteiger partial charge on any atom is -0.380 e. The quantitative estimate of drug-likeness (QED) is 0.491. The van der Waals surface area contributed by atoms with Crippen LogP contribution >= 0.6 is 0 Å². The molecule has 1 aliphatic heterocycles. The molecule has 84 valence electrons. The third-order valence-electron chi connectivity index (χ3n) is 2.90. The van der Waals surface area contributed by atoms with Gasteiger partial charge in [0.05, 0.1) is 12.7 Å². The summed E-state index contributed by atoms with van der Waals surface area (Å²) in [4.78, 5) is 0. The van der Waals surface area contributed by atoms with E-state index in [4.69, 9.17) is 15.3 Å². The number of hydrogen-bond acceptors (Lipinski definition) is 4. The monoisotopic (exact) mass is 202 g/mol. The van der Waals surface area contributed by atoms with Crippen LogP contribution in [0.15, 0.2) is 0 Å². The topological polar surface area (TPSA) is 56.5 Å². The maximum Gasteiger partial charge on any atom is 0.0636 e. The van der Waals surface area contributed by atoms with Gasteiger partial charge < -0.3 is 9.47 Å². The van der Waals surface area contributed by atoms with Crippen LogP contribution < -0.4 is 11.3 Å². The van der Waals surface area contributed by atoms with Gasteiger partial charge in [-0.15, -0.1) is 0 Å². The van der Waals surface area contributed by atoms with Gasteiger partial charge in [-0.3, -0.25) is 11.3 Å². The van der Waals surface area contributed by atoms with Crippen LogP contribution in [0.4, 0.5) is 0 Å². The molecule has 1 rings (SSSR count). The molecule has 1 heterocycles. The Balaban J connectivity index is 2.41. The van der Waals surface area contributed by atoms with Crippen molar-refractivity contribution in [2.75, 3.05) is 19.8 Å². The molecule has 0 saturated carbocycles. The van der Waals surface area contributed by atoms with Gasteiger partial charge in [-0.25, -0.2) is 0 Å². The van der Waals surface area contributed by atoms with Gasteiger partial charge in [-0.2, -0.15) is 0 Å². The largest absolute Gasteiger partial charge is 0.380 e. The lowest BCUT2D eigenvalue weighted by atomic mass is 9.92. The fraction of sp³-hybridized carbons (Fsp3) is 1.00. The van der Waals surface area contributed by atoms with Gasteiger partial charge in [0, 0.05) is 25.2 Å². The number of ether oxygens (including phenoxy) is 2. The molecule has 0 aromatic rings. The van der Waals surface area contributed by atoms with Gasteiger partial charge in [-0.05, 0) is 19.8 Å². The minimum absolute atomic E-state index is 0.224. The Kier molecular flexibility index (Phi) is 5.40. The number of nitrogens with two attached hydrogens (primary N) is 1. The SMILES string of the molecule is CCOCC(NN)C1CCOC1CC. The predicted octanol–water partition coefficient (Wildman–Crippen LogP) is 0.670. The maximum absolute atomic E-state index is 5.63. The van der Waals surface area contributed by atoms with Crippen LogP contribution in [-0.4, -0.2) is 32.0 Å². The van der Waals surface area contributed by atoms with Crippen molar-refractivity contribution in [1.29, 1.82) is 0 Å². The first kappa shape index (κ1) is 11.9. The Morgan fingerprint density at radius 1 is 1.57 bits per heavy atom. The summed E-state index contributed by atoms with van der Waals surface area (Å²) >= 11 is 0. The molecule has 3 unspecified atom stereocenters. The summed E-state index contributed by atoms with van der Waals surface area (Å²) < 4.78 is 11.0. The van der Waals surface area contributed by atoms with E-state index in [1.165, 1.54) is 0 Å². The van der Waals surface area contributed by atoms with Crippen LogP contribution in [0.2, 0.25) is 0 Å². The normalized spacial score (nSPS) is 29.4. The summed E-state index contributed by atoms with van der Waals surface area (Å²) in [6.07, 6.45) is 2.48. The van der Waals surface area contributed by atoms with E-state index in [0.717, 1.165) is 26.1 Å². The number of rotatable bonds is 6. The summed E-state index contributed by atoms with van der Waals surface area (Å²) in [5.74, 6) is 6.02. The summed E-state index contributed by atoms with van der Waals surface area (Å²) in [7, 11) is 0. The van der Waals surface area contributed by atoms with Crippen molar-refractivity contribution >= 4 is 0 Å². The summed E-state index contributed by atoms with van der Waals surface area (Å²) in [6, 6.07) is 0.224. The van der Waals surface area contributed by atoms with E-state index in [1.807, 2.05) is 6.92 Å². The highest BCUT2D eigenvalue weighted by molar-refractivity contribution is 4.84. The zero-order valence-corrected chi connectivity index (χ0v) is 9.16. The van der Waals surface area contributed by atoms with Crippen LogP contribution in [-0.2, 0) is 9.47 Å². The smallest absolute Gasteiger partial charge is 0.0636 e. The highest BCUT2D eigenvalue weighted by Gasteiger charge is 2.33. The lowest BCUT2D eigenvalue weighted by Crippen LogP contribution is -2.46. The first-order chi connectivity index (χ1) is 6.83. The Morgan fingerprint density at radius 2 is 2.36 bits per heavy atom. The highest BCUT2D eigenvalue weighted by Crippen LogP contribution is 2.26. The van der Waals surface area contributed by atoms with Crippen molar-refractivity contribution in [3.05, 3.63) is 0 Å². The molecule has 14 heavy (non-hydrogen) atoms. The number of hydrazine groups is 1. The van der Waals surface area contributed by atoms with Crippen molar-refractivity contribution in [2.24, 2.45) is 11.8 Å². The van der Waals surface area contributed by atoms with E-state index in [-0.39, 0.29) is 6.04 Å². The van der Waals surface area contributed by atoms with Crippen LogP contribution in [0.25, 0.3) is 0 Å². The minimum atomic E-state index is 0.224. The van der Waals surface area contributed by atoms with Gasteiger partial charge >= 0.3 is 0 Å². The summed E-state index contributed by atoms with van der Waals surface area (Å²) in [6.45, 7) is 6.42. The highest BCUT2D eigenvalue weighted by atomic mass is 16.5. The Labute approximate surface area is 86.1 Å². The van der Waals surface area contributed by atoms with E-state index in [9.17, 15) is 0 Å². The number of hydrogen-bond donors (Lipinski definition) is 2. The van der Waals surface area contributed by atoms with E-state index in [1.54, 1.807) is 0 Å². The molecule has 3 N–H and O–H groups in total. The van der Waals surface area contributed by atoms with Gasteiger partial charge in [0.1, 0.15) is 0 Å². The van der Waals surface area contributed by atoms with Gasteiger partial charge in [0.2, 0.25) is 0 Å². The summed E-state index contributed by atoms with van der Waals surface area (Å²) in [5, 5.41) is 0. The third kappa shape index (κ3) is 2.92. The molecule has 0 aromatic heterocycles. The zero-order chi connectivity index (χ0) is 10.4. The maximum atomic E-state index is 5.63. The second-order valence-electron chi connectivity index (χ2n) is 3.70. The molecule has 1 aliphatic rings. The fourth-order valence-corrected chi connectivity index (χ4v) is 2.09.